The summed E-state index contributed by atoms with van der Waals surface area (Å²) in [6.45, 7) is 4.91. The highest BCUT2D eigenvalue weighted by molar-refractivity contribution is 9.09. The van der Waals surface area contributed by atoms with Crippen LogP contribution in [0, 0.1) is 5.41 Å². The van der Waals surface area contributed by atoms with Crippen LogP contribution < -0.4 is 10.1 Å². The lowest BCUT2D eigenvalue weighted by Crippen LogP contribution is -2.38. The van der Waals surface area contributed by atoms with Gasteiger partial charge in [0, 0.05) is 16.9 Å². The summed E-state index contributed by atoms with van der Waals surface area (Å²) in [6.07, 6.45) is 2.01. The van der Waals surface area contributed by atoms with Crippen molar-refractivity contribution < 1.29 is 9.53 Å². The maximum Gasteiger partial charge on any atom is 0.255 e. The normalized spacial score (nSPS) is 11.2. The van der Waals surface area contributed by atoms with Crippen LogP contribution in [0.5, 0.6) is 5.75 Å². The number of ether oxygens (including phenoxy) is 1. The van der Waals surface area contributed by atoms with E-state index in [0.717, 1.165) is 18.2 Å². The zero-order valence-corrected chi connectivity index (χ0v) is 14.5. The fourth-order valence-corrected chi connectivity index (χ4v) is 3.11. The Bertz CT molecular complexity index is 453. The number of nitrogens with one attached hydrogen (secondary N) is 1. The summed E-state index contributed by atoms with van der Waals surface area (Å²) in [6, 6.07) is 5.02. The van der Waals surface area contributed by atoms with Crippen LogP contribution in [0.1, 0.15) is 37.0 Å². The van der Waals surface area contributed by atoms with Crippen LogP contribution in [-0.2, 0) is 0 Å². The van der Waals surface area contributed by atoms with Crippen molar-refractivity contribution in [1.29, 1.82) is 0 Å². The number of methoxy groups -OCH3 is 1. The molecule has 0 heterocycles. The molecule has 0 saturated heterocycles. The van der Waals surface area contributed by atoms with E-state index in [0.29, 0.717) is 22.9 Å². The van der Waals surface area contributed by atoms with Gasteiger partial charge in [0.05, 0.1) is 12.7 Å². The van der Waals surface area contributed by atoms with Crippen molar-refractivity contribution in [2.75, 3.05) is 19.0 Å². The second kappa shape index (κ2) is 7.89. The molecular weight excluding hydrogens is 342 g/mol. The molecule has 1 aromatic carbocycles. The number of halogens is 2. The summed E-state index contributed by atoms with van der Waals surface area (Å²) < 4.78 is 5.20. The molecule has 0 spiro atoms. The summed E-state index contributed by atoms with van der Waals surface area (Å²) >= 11 is 9.44. The number of hydrogen-bond donors (Lipinski definition) is 1. The molecule has 20 heavy (non-hydrogen) atoms. The zero-order valence-electron chi connectivity index (χ0n) is 12.1. The van der Waals surface area contributed by atoms with Crippen molar-refractivity contribution in [3.63, 3.8) is 0 Å². The molecule has 1 rings (SSSR count). The van der Waals surface area contributed by atoms with Gasteiger partial charge in [-0.15, -0.1) is 0 Å². The fourth-order valence-electron chi connectivity index (χ4n) is 1.95. The van der Waals surface area contributed by atoms with Gasteiger partial charge in [-0.25, -0.2) is 0 Å². The Labute approximate surface area is 134 Å². The van der Waals surface area contributed by atoms with Crippen LogP contribution in [0.2, 0.25) is 5.02 Å². The fraction of sp³-hybridized carbons (Fsp3) is 0.533. The van der Waals surface area contributed by atoms with Crippen molar-refractivity contribution in [2.24, 2.45) is 5.41 Å². The van der Waals surface area contributed by atoms with Crippen molar-refractivity contribution >= 4 is 33.4 Å². The van der Waals surface area contributed by atoms with Gasteiger partial charge in [-0.2, -0.15) is 0 Å². The lowest BCUT2D eigenvalue weighted by atomic mass is 9.84. The average Bonchev–Trinajstić information content (AvgIpc) is 2.48. The number of carbonyl (C=O) groups excluding carboxylic acids is 1. The first-order chi connectivity index (χ1) is 9.51. The average molecular weight is 363 g/mol. The third kappa shape index (κ3) is 4.13. The second-order valence-electron chi connectivity index (χ2n) is 4.87. The Hall–Kier alpha value is -0.740. The first kappa shape index (κ1) is 17.3. The molecule has 0 aliphatic carbocycles. The molecule has 0 fully saturated rings. The Morgan fingerprint density at radius 2 is 2.05 bits per heavy atom. The quantitative estimate of drug-likeness (QED) is 0.735. The SMILES string of the molecule is CCC(CC)(CBr)CNC(=O)c1ccc(Cl)cc1OC. The smallest absolute Gasteiger partial charge is 0.255 e. The molecule has 112 valence electrons. The topological polar surface area (TPSA) is 38.3 Å². The number of amides is 1. The van der Waals surface area contributed by atoms with Crippen LogP contribution in [0.3, 0.4) is 0 Å². The van der Waals surface area contributed by atoms with E-state index >= 15 is 0 Å². The third-order valence-corrected chi connectivity index (χ3v) is 5.24. The Kier molecular flexibility index (Phi) is 6.83. The van der Waals surface area contributed by atoms with Gasteiger partial charge in [-0.1, -0.05) is 41.4 Å². The van der Waals surface area contributed by atoms with E-state index in [-0.39, 0.29) is 11.3 Å². The standard InChI is InChI=1S/C15H21BrClNO2/c1-4-15(5-2,9-16)10-18-14(19)12-7-6-11(17)8-13(12)20-3/h6-8H,4-5,9-10H2,1-3H3,(H,18,19). The van der Waals surface area contributed by atoms with Crippen LogP contribution in [0.25, 0.3) is 0 Å². The van der Waals surface area contributed by atoms with Crippen molar-refractivity contribution in [3.05, 3.63) is 28.8 Å². The zero-order chi connectivity index (χ0) is 15.2. The van der Waals surface area contributed by atoms with Gasteiger partial charge in [0.2, 0.25) is 0 Å². The lowest BCUT2D eigenvalue weighted by molar-refractivity contribution is 0.0929. The summed E-state index contributed by atoms with van der Waals surface area (Å²) in [5.74, 6) is 0.359. The predicted molar refractivity (Wildman–Crippen MR) is 87.1 cm³/mol. The molecular formula is C15H21BrClNO2. The lowest BCUT2D eigenvalue weighted by Gasteiger charge is -2.29. The van der Waals surface area contributed by atoms with Crippen molar-refractivity contribution in [2.45, 2.75) is 26.7 Å². The monoisotopic (exact) mass is 361 g/mol. The second-order valence-corrected chi connectivity index (χ2v) is 5.87. The first-order valence-electron chi connectivity index (χ1n) is 6.69. The van der Waals surface area contributed by atoms with E-state index in [2.05, 4.69) is 35.1 Å². The van der Waals surface area contributed by atoms with Gasteiger partial charge < -0.3 is 10.1 Å². The minimum Gasteiger partial charge on any atom is -0.496 e. The van der Waals surface area contributed by atoms with Crippen molar-refractivity contribution in [1.82, 2.24) is 5.32 Å². The van der Waals surface area contributed by atoms with E-state index in [1.165, 1.54) is 7.11 Å². The van der Waals surface area contributed by atoms with Gasteiger partial charge in [-0.05, 0) is 36.5 Å². The number of benzene rings is 1. The van der Waals surface area contributed by atoms with Crippen LogP contribution in [0.4, 0.5) is 0 Å². The molecule has 3 nitrogen and oxygen atoms in total. The van der Waals surface area contributed by atoms with E-state index in [4.69, 9.17) is 16.3 Å². The summed E-state index contributed by atoms with van der Waals surface area (Å²) in [5.41, 5.74) is 0.600. The molecule has 0 saturated carbocycles. The van der Waals surface area contributed by atoms with E-state index < -0.39 is 0 Å². The number of rotatable bonds is 7. The molecule has 5 heteroatoms. The minimum absolute atomic E-state index is 0.0926. The largest absolute Gasteiger partial charge is 0.496 e. The summed E-state index contributed by atoms with van der Waals surface area (Å²) in [4.78, 5) is 12.3. The minimum atomic E-state index is -0.134. The molecule has 0 aliphatic heterocycles. The first-order valence-corrected chi connectivity index (χ1v) is 8.19. The van der Waals surface area contributed by atoms with Gasteiger partial charge in [0.15, 0.2) is 0 Å². The molecule has 0 aliphatic rings. The molecule has 0 aromatic heterocycles. The highest BCUT2D eigenvalue weighted by Crippen LogP contribution is 2.28. The van der Waals surface area contributed by atoms with Gasteiger partial charge in [0.25, 0.3) is 5.91 Å². The highest BCUT2D eigenvalue weighted by atomic mass is 79.9. The van der Waals surface area contributed by atoms with Crippen LogP contribution >= 0.6 is 27.5 Å². The van der Waals surface area contributed by atoms with E-state index in [1.54, 1.807) is 18.2 Å². The Balaban J connectivity index is 2.82. The Morgan fingerprint density at radius 3 is 2.55 bits per heavy atom. The Morgan fingerprint density at radius 1 is 1.40 bits per heavy atom. The van der Waals surface area contributed by atoms with Crippen LogP contribution in [0.15, 0.2) is 18.2 Å². The summed E-state index contributed by atoms with van der Waals surface area (Å²) in [5, 5.41) is 4.41. The maximum absolute atomic E-state index is 12.3. The molecule has 1 aromatic rings. The molecule has 0 unspecified atom stereocenters. The van der Waals surface area contributed by atoms with Crippen molar-refractivity contribution in [3.8, 4) is 5.75 Å². The highest BCUT2D eigenvalue weighted by Gasteiger charge is 2.26. The van der Waals surface area contributed by atoms with E-state index in [1.807, 2.05) is 0 Å². The third-order valence-electron chi connectivity index (χ3n) is 3.82. The van der Waals surface area contributed by atoms with Gasteiger partial charge in [0.1, 0.15) is 5.75 Å². The van der Waals surface area contributed by atoms with E-state index in [9.17, 15) is 4.79 Å². The molecule has 0 radical (unpaired) electrons. The number of hydrogen-bond acceptors (Lipinski definition) is 2. The van der Waals surface area contributed by atoms with Crippen LogP contribution in [-0.4, -0.2) is 24.9 Å². The molecule has 0 bridgehead atoms. The maximum atomic E-state index is 12.3. The predicted octanol–water partition coefficient (Wildman–Crippen LogP) is 4.28. The van der Waals surface area contributed by atoms with Gasteiger partial charge >= 0.3 is 0 Å². The molecule has 1 amide bonds. The van der Waals surface area contributed by atoms with Gasteiger partial charge in [-0.3, -0.25) is 4.79 Å². The summed E-state index contributed by atoms with van der Waals surface area (Å²) in [7, 11) is 1.53. The molecule has 0 atom stereocenters. The molecule has 1 N–H and O–H groups in total. The number of carbonyl (C=O) groups is 1. The number of alkyl halides is 1.